The lowest BCUT2D eigenvalue weighted by Gasteiger charge is -2.07. The first-order chi connectivity index (χ1) is 14.8. The van der Waals surface area contributed by atoms with Gasteiger partial charge in [0.1, 0.15) is 6.61 Å². The van der Waals surface area contributed by atoms with Crippen LogP contribution in [0.25, 0.3) is 0 Å². The van der Waals surface area contributed by atoms with Crippen LogP contribution in [0.15, 0.2) is 24.3 Å². The summed E-state index contributed by atoms with van der Waals surface area (Å²) < 4.78 is 20.7. The lowest BCUT2D eigenvalue weighted by molar-refractivity contribution is -0.145. The van der Waals surface area contributed by atoms with Crippen molar-refractivity contribution < 1.29 is 23.7 Å². The summed E-state index contributed by atoms with van der Waals surface area (Å²) >= 11 is 0. The molecule has 0 rings (SSSR count). The fourth-order valence-corrected chi connectivity index (χ4v) is 2.83. The Morgan fingerprint density at radius 3 is 1.90 bits per heavy atom. The highest BCUT2D eigenvalue weighted by molar-refractivity contribution is 5.69. The normalized spacial score (nSPS) is 11.7. The van der Waals surface area contributed by atoms with Gasteiger partial charge in [0.25, 0.3) is 0 Å². The Balaban J connectivity index is 3.25. The van der Waals surface area contributed by atoms with Crippen LogP contribution in [0, 0.1) is 0 Å². The van der Waals surface area contributed by atoms with E-state index in [1.807, 2.05) is 0 Å². The summed E-state index contributed by atoms with van der Waals surface area (Å²) in [5.74, 6) is -0.124. The Labute approximate surface area is 185 Å². The molecule has 0 spiro atoms. The van der Waals surface area contributed by atoms with Gasteiger partial charge in [-0.05, 0) is 38.5 Å². The number of methoxy groups -OCH3 is 1. The summed E-state index contributed by atoms with van der Waals surface area (Å²) in [5, 5.41) is 0. The number of hydrogen-bond acceptors (Lipinski definition) is 5. The predicted octanol–water partition coefficient (Wildman–Crippen LogP) is 6.02. The summed E-state index contributed by atoms with van der Waals surface area (Å²) in [5.41, 5.74) is 0. The molecule has 0 saturated heterocycles. The molecule has 5 nitrogen and oxygen atoms in total. The summed E-state index contributed by atoms with van der Waals surface area (Å²) in [6.07, 6.45) is 22.7. The van der Waals surface area contributed by atoms with Crippen molar-refractivity contribution >= 4 is 5.97 Å². The van der Waals surface area contributed by atoms with Gasteiger partial charge in [0.15, 0.2) is 0 Å². The first kappa shape index (κ1) is 28.8. The van der Waals surface area contributed by atoms with Crippen molar-refractivity contribution in [1.82, 2.24) is 0 Å². The van der Waals surface area contributed by atoms with Gasteiger partial charge in [-0.1, -0.05) is 63.3 Å². The largest absolute Gasteiger partial charge is 0.463 e. The number of carbonyl (C=O) groups is 1. The Kier molecular flexibility index (Phi) is 24.9. The Hall–Kier alpha value is -1.17. The van der Waals surface area contributed by atoms with Crippen molar-refractivity contribution in [1.29, 1.82) is 0 Å². The van der Waals surface area contributed by atoms with E-state index in [0.29, 0.717) is 46.1 Å². The van der Waals surface area contributed by atoms with Crippen LogP contribution in [0.3, 0.4) is 0 Å². The number of hydrogen-bond donors (Lipinski definition) is 0. The lowest BCUT2D eigenvalue weighted by atomic mass is 10.1. The van der Waals surface area contributed by atoms with Crippen LogP contribution in [0.1, 0.15) is 84.0 Å². The van der Waals surface area contributed by atoms with Gasteiger partial charge < -0.3 is 18.9 Å². The van der Waals surface area contributed by atoms with Crippen molar-refractivity contribution in [2.45, 2.75) is 84.0 Å². The van der Waals surface area contributed by atoms with E-state index >= 15 is 0 Å². The molecule has 176 valence electrons. The minimum Gasteiger partial charge on any atom is -0.463 e. The minimum absolute atomic E-state index is 0.124. The molecule has 0 fully saturated rings. The second-order valence-corrected chi connectivity index (χ2v) is 7.42. The molecule has 30 heavy (non-hydrogen) atoms. The lowest BCUT2D eigenvalue weighted by Crippen LogP contribution is -2.13. The average Bonchev–Trinajstić information content (AvgIpc) is 2.75. The van der Waals surface area contributed by atoms with E-state index in [1.54, 1.807) is 7.11 Å². The number of allylic oxidation sites excluding steroid dienone is 4. The molecular formula is C25H46O5. The van der Waals surface area contributed by atoms with Crippen molar-refractivity contribution in [2.75, 3.05) is 46.8 Å². The molecule has 0 aromatic heterocycles. The molecule has 0 unspecified atom stereocenters. The summed E-state index contributed by atoms with van der Waals surface area (Å²) in [7, 11) is 1.64. The SMILES string of the molecule is CCCCC/C=C\C/C=C\CCCCCCCC(=O)OCCOCCOCCOC. The van der Waals surface area contributed by atoms with E-state index in [4.69, 9.17) is 18.9 Å². The number of ether oxygens (including phenoxy) is 4. The fourth-order valence-electron chi connectivity index (χ4n) is 2.83. The third-order valence-electron chi connectivity index (χ3n) is 4.63. The van der Waals surface area contributed by atoms with Crippen molar-refractivity contribution in [3.8, 4) is 0 Å². The summed E-state index contributed by atoms with van der Waals surface area (Å²) in [6.45, 7) is 5.17. The highest BCUT2D eigenvalue weighted by Gasteiger charge is 2.02. The topological polar surface area (TPSA) is 54.0 Å². The molecule has 0 radical (unpaired) electrons. The molecule has 0 aromatic carbocycles. The quantitative estimate of drug-likeness (QED) is 0.114. The highest BCUT2D eigenvalue weighted by Crippen LogP contribution is 2.08. The number of carbonyl (C=O) groups excluding carboxylic acids is 1. The molecule has 5 heteroatoms. The Morgan fingerprint density at radius 1 is 0.667 bits per heavy atom. The van der Waals surface area contributed by atoms with Crippen LogP contribution in [0.4, 0.5) is 0 Å². The zero-order valence-corrected chi connectivity index (χ0v) is 19.6. The first-order valence-corrected chi connectivity index (χ1v) is 11.9. The molecule has 0 atom stereocenters. The summed E-state index contributed by atoms with van der Waals surface area (Å²) in [6, 6.07) is 0. The number of esters is 1. The van der Waals surface area contributed by atoms with Crippen molar-refractivity contribution in [3.05, 3.63) is 24.3 Å². The van der Waals surface area contributed by atoms with Gasteiger partial charge in [-0.25, -0.2) is 0 Å². The van der Waals surface area contributed by atoms with Crippen LogP contribution in [0.2, 0.25) is 0 Å². The van der Waals surface area contributed by atoms with E-state index < -0.39 is 0 Å². The second kappa shape index (κ2) is 25.9. The van der Waals surface area contributed by atoms with E-state index in [2.05, 4.69) is 31.2 Å². The van der Waals surface area contributed by atoms with Crippen LogP contribution < -0.4 is 0 Å². The molecule has 0 bridgehead atoms. The van der Waals surface area contributed by atoms with Gasteiger partial charge in [-0.15, -0.1) is 0 Å². The maximum atomic E-state index is 11.7. The first-order valence-electron chi connectivity index (χ1n) is 11.9. The zero-order chi connectivity index (χ0) is 22.0. The monoisotopic (exact) mass is 426 g/mol. The molecule has 0 amide bonds. The van der Waals surface area contributed by atoms with Gasteiger partial charge in [-0.3, -0.25) is 4.79 Å². The van der Waals surface area contributed by atoms with Crippen LogP contribution in [-0.4, -0.2) is 52.7 Å². The van der Waals surface area contributed by atoms with Gasteiger partial charge in [0.05, 0.1) is 33.0 Å². The average molecular weight is 427 g/mol. The van der Waals surface area contributed by atoms with Crippen LogP contribution >= 0.6 is 0 Å². The van der Waals surface area contributed by atoms with Gasteiger partial charge in [-0.2, -0.15) is 0 Å². The number of unbranched alkanes of at least 4 members (excludes halogenated alkanes) is 8. The maximum Gasteiger partial charge on any atom is 0.305 e. The highest BCUT2D eigenvalue weighted by atomic mass is 16.6. The maximum absolute atomic E-state index is 11.7. The second-order valence-electron chi connectivity index (χ2n) is 7.42. The Bertz CT molecular complexity index is 406. The third kappa shape index (κ3) is 24.9. The number of rotatable bonds is 23. The van der Waals surface area contributed by atoms with E-state index in [0.717, 1.165) is 25.7 Å². The predicted molar refractivity (Wildman–Crippen MR) is 124 cm³/mol. The van der Waals surface area contributed by atoms with Gasteiger partial charge in [0, 0.05) is 13.5 Å². The van der Waals surface area contributed by atoms with Crippen molar-refractivity contribution in [2.24, 2.45) is 0 Å². The molecule has 0 saturated carbocycles. The molecule has 0 heterocycles. The van der Waals surface area contributed by atoms with Gasteiger partial charge >= 0.3 is 5.97 Å². The van der Waals surface area contributed by atoms with Crippen LogP contribution in [0.5, 0.6) is 0 Å². The smallest absolute Gasteiger partial charge is 0.305 e. The zero-order valence-electron chi connectivity index (χ0n) is 19.6. The van der Waals surface area contributed by atoms with E-state index in [9.17, 15) is 4.79 Å². The fraction of sp³-hybridized carbons (Fsp3) is 0.800. The van der Waals surface area contributed by atoms with Gasteiger partial charge in [0.2, 0.25) is 0 Å². The minimum atomic E-state index is -0.124. The molecule has 0 aliphatic heterocycles. The molecule has 0 aliphatic carbocycles. The van der Waals surface area contributed by atoms with E-state index in [1.165, 1.54) is 44.9 Å². The molecule has 0 aliphatic rings. The third-order valence-corrected chi connectivity index (χ3v) is 4.63. The molecule has 0 N–H and O–H groups in total. The molecular weight excluding hydrogens is 380 g/mol. The van der Waals surface area contributed by atoms with Crippen molar-refractivity contribution in [3.63, 3.8) is 0 Å². The summed E-state index contributed by atoms with van der Waals surface area (Å²) in [4.78, 5) is 11.7. The Morgan fingerprint density at radius 2 is 1.23 bits per heavy atom. The van der Waals surface area contributed by atoms with Crippen LogP contribution in [-0.2, 0) is 23.7 Å². The molecule has 0 aromatic rings. The standard InChI is InChI=1S/C25H46O5/c1-3-4-5-6-7-8-9-10-11-12-13-14-15-16-17-18-25(26)30-24-23-29-22-21-28-20-19-27-2/h7-8,10-11H,3-6,9,12-24H2,1-2H3/b8-7-,11-10-. The van der Waals surface area contributed by atoms with E-state index in [-0.39, 0.29) is 5.97 Å².